The van der Waals surface area contributed by atoms with Gasteiger partial charge in [0.1, 0.15) is 5.75 Å². The summed E-state index contributed by atoms with van der Waals surface area (Å²) in [4.78, 5) is 15.9. The Bertz CT molecular complexity index is 853. The summed E-state index contributed by atoms with van der Waals surface area (Å²) in [5, 5.41) is 1.07. The Morgan fingerprint density at radius 3 is 2.65 bits per heavy atom. The van der Waals surface area contributed by atoms with Crippen LogP contribution in [0.4, 0.5) is 0 Å². The number of methoxy groups -OCH3 is 2. The number of carbonyl (C=O) groups is 1. The lowest BCUT2D eigenvalue weighted by atomic mass is 9.99. The fourth-order valence-corrected chi connectivity index (χ4v) is 2.63. The van der Waals surface area contributed by atoms with Gasteiger partial charge in [-0.1, -0.05) is 36.4 Å². The second-order valence-corrected chi connectivity index (χ2v) is 5.17. The summed E-state index contributed by atoms with van der Waals surface area (Å²) in [6.07, 6.45) is 2.00. The predicted molar refractivity (Wildman–Crippen MR) is 89.5 cm³/mol. The molecule has 0 spiro atoms. The molecule has 1 aromatic heterocycles. The van der Waals surface area contributed by atoms with Gasteiger partial charge in [-0.25, -0.2) is 0 Å². The zero-order chi connectivity index (χ0) is 16.2. The minimum absolute atomic E-state index is 0.223. The van der Waals surface area contributed by atoms with Crippen molar-refractivity contribution in [2.24, 2.45) is 0 Å². The summed E-state index contributed by atoms with van der Waals surface area (Å²) in [6, 6.07) is 15.7. The maximum atomic E-state index is 11.4. The van der Waals surface area contributed by atoms with Crippen molar-refractivity contribution in [3.8, 4) is 16.9 Å². The number of rotatable bonds is 4. The molecule has 0 unspecified atom stereocenters. The first-order chi connectivity index (χ1) is 11.2. The largest absolute Gasteiger partial charge is 0.496 e. The van der Waals surface area contributed by atoms with Crippen LogP contribution in [0.1, 0.15) is 5.56 Å². The van der Waals surface area contributed by atoms with Gasteiger partial charge < -0.3 is 9.47 Å². The van der Waals surface area contributed by atoms with Crippen molar-refractivity contribution >= 4 is 16.9 Å². The molecule has 2 aromatic carbocycles. The average molecular weight is 307 g/mol. The van der Waals surface area contributed by atoms with Crippen LogP contribution >= 0.6 is 0 Å². The number of fused-ring (bicyclic) bond motifs is 1. The smallest absolute Gasteiger partial charge is 0.309 e. The van der Waals surface area contributed by atoms with Gasteiger partial charge in [-0.2, -0.15) is 0 Å². The van der Waals surface area contributed by atoms with Crippen molar-refractivity contribution in [3.05, 3.63) is 60.3 Å². The molecule has 116 valence electrons. The number of pyridine rings is 1. The van der Waals surface area contributed by atoms with Crippen LogP contribution in [0.2, 0.25) is 0 Å². The summed E-state index contributed by atoms with van der Waals surface area (Å²) in [5.41, 5.74) is 3.73. The van der Waals surface area contributed by atoms with Gasteiger partial charge in [0.05, 0.1) is 26.2 Å². The van der Waals surface area contributed by atoms with E-state index >= 15 is 0 Å². The average Bonchev–Trinajstić information content (AvgIpc) is 2.61. The van der Waals surface area contributed by atoms with Crippen molar-refractivity contribution in [3.63, 3.8) is 0 Å². The molecule has 0 saturated heterocycles. The highest BCUT2D eigenvalue weighted by Gasteiger charge is 2.12. The zero-order valence-electron chi connectivity index (χ0n) is 13.1. The van der Waals surface area contributed by atoms with Crippen molar-refractivity contribution in [1.82, 2.24) is 4.98 Å². The lowest BCUT2D eigenvalue weighted by molar-refractivity contribution is -0.139. The van der Waals surface area contributed by atoms with E-state index in [-0.39, 0.29) is 12.4 Å². The molecule has 4 nitrogen and oxygen atoms in total. The summed E-state index contributed by atoms with van der Waals surface area (Å²) < 4.78 is 10.2. The summed E-state index contributed by atoms with van der Waals surface area (Å²) in [5.74, 6) is 0.441. The van der Waals surface area contributed by atoms with E-state index in [9.17, 15) is 4.79 Å². The van der Waals surface area contributed by atoms with Crippen LogP contribution in [0, 0.1) is 0 Å². The fourth-order valence-electron chi connectivity index (χ4n) is 2.63. The van der Waals surface area contributed by atoms with E-state index in [1.165, 1.54) is 7.11 Å². The van der Waals surface area contributed by atoms with Crippen LogP contribution in [0.15, 0.2) is 54.7 Å². The van der Waals surface area contributed by atoms with Crippen molar-refractivity contribution < 1.29 is 14.3 Å². The lowest BCUT2D eigenvalue weighted by Gasteiger charge is -2.12. The first kappa shape index (κ1) is 15.0. The van der Waals surface area contributed by atoms with E-state index < -0.39 is 0 Å². The summed E-state index contributed by atoms with van der Waals surface area (Å²) in [6.45, 7) is 0. The quantitative estimate of drug-likeness (QED) is 0.691. The summed E-state index contributed by atoms with van der Waals surface area (Å²) in [7, 11) is 3.01. The minimum Gasteiger partial charge on any atom is -0.496 e. The molecular weight excluding hydrogens is 290 g/mol. The Hall–Kier alpha value is -2.88. The minimum atomic E-state index is -0.272. The van der Waals surface area contributed by atoms with Gasteiger partial charge in [-0.15, -0.1) is 0 Å². The standard InChI is InChI=1S/C19H17NO3/c1-22-17-11-13(12-18(21)23-2)8-9-15(17)16-7-3-5-14-6-4-10-20-19(14)16/h3-11H,12H2,1-2H3. The number of para-hydroxylation sites is 1. The van der Waals surface area contributed by atoms with Crippen LogP contribution in [0.25, 0.3) is 22.0 Å². The molecular formula is C19H17NO3. The Morgan fingerprint density at radius 2 is 1.87 bits per heavy atom. The van der Waals surface area contributed by atoms with E-state index in [4.69, 9.17) is 9.47 Å². The molecule has 0 fully saturated rings. The normalized spacial score (nSPS) is 10.5. The highest BCUT2D eigenvalue weighted by atomic mass is 16.5. The van der Waals surface area contributed by atoms with Crippen LogP contribution in [0.3, 0.4) is 0 Å². The molecule has 0 aliphatic rings. The third-order valence-electron chi connectivity index (χ3n) is 3.76. The molecule has 23 heavy (non-hydrogen) atoms. The van der Waals surface area contributed by atoms with Crippen LogP contribution in [-0.2, 0) is 16.0 Å². The number of nitrogens with zero attached hydrogens (tertiary/aromatic N) is 1. The van der Waals surface area contributed by atoms with Crippen molar-refractivity contribution in [1.29, 1.82) is 0 Å². The second kappa shape index (κ2) is 6.48. The molecule has 0 aliphatic heterocycles. The number of benzene rings is 2. The first-order valence-corrected chi connectivity index (χ1v) is 7.31. The highest BCUT2D eigenvalue weighted by Crippen LogP contribution is 2.34. The third-order valence-corrected chi connectivity index (χ3v) is 3.76. The molecule has 3 rings (SSSR count). The zero-order valence-corrected chi connectivity index (χ0v) is 13.1. The summed E-state index contributed by atoms with van der Waals surface area (Å²) >= 11 is 0. The number of hydrogen-bond acceptors (Lipinski definition) is 4. The Kier molecular flexibility index (Phi) is 4.24. The van der Waals surface area contributed by atoms with Crippen LogP contribution in [-0.4, -0.2) is 25.2 Å². The molecule has 0 amide bonds. The maximum absolute atomic E-state index is 11.4. The van der Waals surface area contributed by atoms with Crippen LogP contribution < -0.4 is 4.74 Å². The molecule has 0 atom stereocenters. The maximum Gasteiger partial charge on any atom is 0.309 e. The number of esters is 1. The van der Waals surface area contributed by atoms with E-state index in [0.29, 0.717) is 5.75 Å². The molecule has 0 N–H and O–H groups in total. The Morgan fingerprint density at radius 1 is 1.04 bits per heavy atom. The number of hydrogen-bond donors (Lipinski definition) is 0. The fraction of sp³-hybridized carbons (Fsp3) is 0.158. The van der Waals surface area contributed by atoms with Crippen LogP contribution in [0.5, 0.6) is 5.75 Å². The molecule has 1 heterocycles. The second-order valence-electron chi connectivity index (χ2n) is 5.17. The van der Waals surface area contributed by atoms with Gasteiger partial charge in [0.2, 0.25) is 0 Å². The molecule has 0 bridgehead atoms. The highest BCUT2D eigenvalue weighted by molar-refractivity contribution is 5.95. The van der Waals surface area contributed by atoms with Gasteiger partial charge in [0.25, 0.3) is 0 Å². The van der Waals surface area contributed by atoms with E-state index in [1.54, 1.807) is 13.3 Å². The van der Waals surface area contributed by atoms with Crippen molar-refractivity contribution in [2.75, 3.05) is 14.2 Å². The first-order valence-electron chi connectivity index (χ1n) is 7.31. The SMILES string of the molecule is COC(=O)Cc1ccc(-c2cccc3cccnc23)c(OC)c1. The number of aromatic nitrogens is 1. The topological polar surface area (TPSA) is 48.4 Å². The van der Waals surface area contributed by atoms with Gasteiger partial charge >= 0.3 is 5.97 Å². The Labute approximate surface area is 134 Å². The molecule has 0 saturated carbocycles. The lowest BCUT2D eigenvalue weighted by Crippen LogP contribution is -2.04. The number of carbonyl (C=O) groups excluding carboxylic acids is 1. The number of ether oxygens (including phenoxy) is 2. The van der Waals surface area contributed by atoms with E-state index in [2.05, 4.69) is 4.98 Å². The predicted octanol–water partition coefficient (Wildman–Crippen LogP) is 3.63. The van der Waals surface area contributed by atoms with Gasteiger partial charge in [-0.3, -0.25) is 9.78 Å². The molecule has 4 heteroatoms. The van der Waals surface area contributed by atoms with Gasteiger partial charge in [0, 0.05) is 22.7 Å². The monoisotopic (exact) mass is 307 g/mol. The Balaban J connectivity index is 2.10. The van der Waals surface area contributed by atoms with Gasteiger partial charge in [-0.05, 0) is 17.7 Å². The van der Waals surface area contributed by atoms with E-state index in [0.717, 1.165) is 27.6 Å². The molecule has 0 aliphatic carbocycles. The molecule has 0 radical (unpaired) electrons. The van der Waals surface area contributed by atoms with Crippen molar-refractivity contribution in [2.45, 2.75) is 6.42 Å². The van der Waals surface area contributed by atoms with E-state index in [1.807, 2.05) is 48.5 Å². The van der Waals surface area contributed by atoms with Gasteiger partial charge in [0.15, 0.2) is 0 Å². The third kappa shape index (κ3) is 3.01. The molecule has 3 aromatic rings.